The number of carboxylic acid groups (broad SMARTS) is 1. The average molecular weight is 334 g/mol. The molecular weight excluding hydrogens is 318 g/mol. The molecule has 1 unspecified atom stereocenters. The maximum absolute atomic E-state index is 12.1. The minimum atomic E-state index is -1.58. The maximum atomic E-state index is 12.1. The smallest absolute Gasteiger partial charge is 0.349 e. The van der Waals surface area contributed by atoms with E-state index in [1.54, 1.807) is 54.6 Å². The molecule has 0 saturated carbocycles. The lowest BCUT2D eigenvalue weighted by atomic mass is 10.1. The van der Waals surface area contributed by atoms with Crippen molar-refractivity contribution >= 4 is 23.5 Å². The molecule has 0 aliphatic rings. The number of hydrogen-bond acceptors (Lipinski definition) is 3. The van der Waals surface area contributed by atoms with Gasteiger partial charge in [0.25, 0.3) is 5.91 Å². The Kier molecular flexibility index (Phi) is 5.24. The molecule has 2 rings (SSSR count). The SMILES string of the molecule is CC(CNC(=O)c1ccc(Cl)cc1)(Oc1ccccc1)C(=O)O. The Hall–Kier alpha value is -2.53. The summed E-state index contributed by atoms with van der Waals surface area (Å²) in [6, 6.07) is 14.9. The predicted octanol–water partition coefficient (Wildman–Crippen LogP) is 2.99. The number of carboxylic acids is 1. The number of hydrogen-bond donors (Lipinski definition) is 2. The third-order valence-electron chi connectivity index (χ3n) is 3.23. The van der Waals surface area contributed by atoms with Crippen molar-refractivity contribution in [1.82, 2.24) is 5.32 Å². The number of rotatable bonds is 6. The standard InChI is InChI=1S/C17H16ClNO4/c1-17(16(21)22,23-14-5-3-2-4-6-14)11-19-15(20)12-7-9-13(18)10-8-12/h2-10H,11H2,1H3,(H,19,20)(H,21,22). The molecule has 2 N–H and O–H groups in total. The first-order valence-corrected chi connectivity index (χ1v) is 7.30. The fourth-order valence-electron chi connectivity index (χ4n) is 1.86. The number of benzene rings is 2. The quantitative estimate of drug-likeness (QED) is 0.852. The molecular formula is C17H16ClNO4. The minimum Gasteiger partial charge on any atom is -0.478 e. The first-order chi connectivity index (χ1) is 10.9. The fourth-order valence-corrected chi connectivity index (χ4v) is 1.98. The molecule has 2 aromatic rings. The number of para-hydroxylation sites is 1. The van der Waals surface area contributed by atoms with Crippen molar-refractivity contribution in [2.24, 2.45) is 0 Å². The van der Waals surface area contributed by atoms with Gasteiger partial charge in [0, 0.05) is 10.6 Å². The molecule has 0 heterocycles. The van der Waals surface area contributed by atoms with Crippen LogP contribution in [-0.2, 0) is 4.79 Å². The Morgan fingerprint density at radius 3 is 2.30 bits per heavy atom. The summed E-state index contributed by atoms with van der Waals surface area (Å²) in [6.07, 6.45) is 0. The highest BCUT2D eigenvalue weighted by molar-refractivity contribution is 6.30. The van der Waals surface area contributed by atoms with Crippen molar-refractivity contribution in [3.8, 4) is 5.75 Å². The van der Waals surface area contributed by atoms with Crippen LogP contribution in [0.25, 0.3) is 0 Å². The number of ether oxygens (including phenoxy) is 1. The van der Waals surface area contributed by atoms with Gasteiger partial charge in [0.15, 0.2) is 0 Å². The van der Waals surface area contributed by atoms with Crippen LogP contribution in [-0.4, -0.2) is 29.1 Å². The Bertz CT molecular complexity index is 687. The van der Waals surface area contributed by atoms with Gasteiger partial charge in [-0.2, -0.15) is 0 Å². The number of halogens is 1. The first kappa shape index (κ1) is 16.8. The van der Waals surface area contributed by atoms with Gasteiger partial charge in [-0.3, -0.25) is 4.79 Å². The molecule has 0 bridgehead atoms. The number of aliphatic carboxylic acids is 1. The van der Waals surface area contributed by atoms with Gasteiger partial charge >= 0.3 is 5.97 Å². The third-order valence-corrected chi connectivity index (χ3v) is 3.48. The van der Waals surface area contributed by atoms with Crippen LogP contribution >= 0.6 is 11.6 Å². The topological polar surface area (TPSA) is 75.6 Å². The maximum Gasteiger partial charge on any atom is 0.349 e. The monoisotopic (exact) mass is 333 g/mol. The summed E-state index contributed by atoms with van der Waals surface area (Å²) in [5.41, 5.74) is -1.19. The largest absolute Gasteiger partial charge is 0.478 e. The molecule has 0 radical (unpaired) electrons. The van der Waals surface area contributed by atoms with E-state index in [9.17, 15) is 14.7 Å². The Morgan fingerprint density at radius 1 is 1.13 bits per heavy atom. The molecule has 0 aliphatic carbocycles. The lowest BCUT2D eigenvalue weighted by Gasteiger charge is -2.26. The number of nitrogens with one attached hydrogen (secondary N) is 1. The summed E-state index contributed by atoms with van der Waals surface area (Å²) in [5, 5.41) is 12.5. The van der Waals surface area contributed by atoms with Gasteiger partial charge in [0.05, 0.1) is 6.54 Å². The zero-order valence-corrected chi connectivity index (χ0v) is 13.2. The van der Waals surface area contributed by atoms with Crippen LogP contribution in [0.2, 0.25) is 5.02 Å². The average Bonchev–Trinajstić information content (AvgIpc) is 2.54. The normalized spacial score (nSPS) is 13.0. The highest BCUT2D eigenvalue weighted by Crippen LogP contribution is 2.18. The van der Waals surface area contributed by atoms with Gasteiger partial charge in [-0.1, -0.05) is 29.8 Å². The van der Waals surface area contributed by atoms with Crippen LogP contribution in [0.3, 0.4) is 0 Å². The summed E-state index contributed by atoms with van der Waals surface area (Å²) in [5.74, 6) is -1.15. The molecule has 0 aromatic heterocycles. The van der Waals surface area contributed by atoms with Gasteiger partial charge in [-0.25, -0.2) is 4.79 Å². The molecule has 23 heavy (non-hydrogen) atoms. The van der Waals surface area contributed by atoms with Crippen LogP contribution in [0, 0.1) is 0 Å². The van der Waals surface area contributed by atoms with Gasteiger partial charge in [-0.05, 0) is 43.3 Å². The van der Waals surface area contributed by atoms with Crippen LogP contribution in [0.4, 0.5) is 0 Å². The molecule has 0 spiro atoms. The highest BCUT2D eigenvalue weighted by atomic mass is 35.5. The Balaban J connectivity index is 2.06. The third kappa shape index (κ3) is 4.47. The molecule has 6 heteroatoms. The lowest BCUT2D eigenvalue weighted by Crippen LogP contribution is -2.51. The summed E-state index contributed by atoms with van der Waals surface area (Å²) in [6.45, 7) is 1.23. The van der Waals surface area contributed by atoms with Gasteiger partial charge in [0.2, 0.25) is 5.60 Å². The summed E-state index contributed by atoms with van der Waals surface area (Å²) in [7, 11) is 0. The van der Waals surface area contributed by atoms with E-state index in [4.69, 9.17) is 16.3 Å². The number of carbonyl (C=O) groups is 2. The summed E-state index contributed by atoms with van der Waals surface area (Å²) < 4.78 is 5.53. The molecule has 120 valence electrons. The second-order valence-electron chi connectivity index (χ2n) is 5.14. The molecule has 1 atom stereocenters. The zero-order chi connectivity index (χ0) is 16.9. The Morgan fingerprint density at radius 2 is 1.74 bits per heavy atom. The molecule has 0 fully saturated rings. The number of carbonyl (C=O) groups excluding carboxylic acids is 1. The molecule has 1 amide bonds. The van der Waals surface area contributed by atoms with E-state index in [1.807, 2.05) is 0 Å². The van der Waals surface area contributed by atoms with Crippen molar-refractivity contribution in [2.75, 3.05) is 6.54 Å². The second kappa shape index (κ2) is 7.15. The molecule has 0 aliphatic heterocycles. The van der Waals surface area contributed by atoms with Gasteiger partial charge in [0.1, 0.15) is 5.75 Å². The van der Waals surface area contributed by atoms with E-state index in [0.717, 1.165) is 0 Å². The van der Waals surface area contributed by atoms with E-state index in [1.165, 1.54) is 6.92 Å². The van der Waals surface area contributed by atoms with E-state index in [2.05, 4.69) is 5.32 Å². The number of amides is 1. The van der Waals surface area contributed by atoms with Gasteiger partial charge in [-0.15, -0.1) is 0 Å². The van der Waals surface area contributed by atoms with E-state index in [-0.39, 0.29) is 6.54 Å². The molecule has 5 nitrogen and oxygen atoms in total. The van der Waals surface area contributed by atoms with E-state index in [0.29, 0.717) is 16.3 Å². The predicted molar refractivity (Wildman–Crippen MR) is 86.9 cm³/mol. The lowest BCUT2D eigenvalue weighted by molar-refractivity contribution is -0.153. The minimum absolute atomic E-state index is 0.182. The summed E-state index contributed by atoms with van der Waals surface area (Å²) >= 11 is 5.77. The van der Waals surface area contributed by atoms with Crippen LogP contribution < -0.4 is 10.1 Å². The first-order valence-electron chi connectivity index (χ1n) is 6.92. The van der Waals surface area contributed by atoms with Crippen LogP contribution in [0.15, 0.2) is 54.6 Å². The molecule has 0 saturated heterocycles. The summed E-state index contributed by atoms with van der Waals surface area (Å²) in [4.78, 5) is 23.6. The van der Waals surface area contributed by atoms with Crippen molar-refractivity contribution in [1.29, 1.82) is 0 Å². The molecule has 2 aromatic carbocycles. The zero-order valence-electron chi connectivity index (χ0n) is 12.5. The second-order valence-corrected chi connectivity index (χ2v) is 5.58. The van der Waals surface area contributed by atoms with Crippen molar-refractivity contribution in [3.05, 3.63) is 65.2 Å². The van der Waals surface area contributed by atoms with Crippen LogP contribution in [0.1, 0.15) is 17.3 Å². The van der Waals surface area contributed by atoms with Crippen molar-refractivity contribution < 1.29 is 19.4 Å². The van der Waals surface area contributed by atoms with Crippen molar-refractivity contribution in [2.45, 2.75) is 12.5 Å². The van der Waals surface area contributed by atoms with Crippen LogP contribution in [0.5, 0.6) is 5.75 Å². The van der Waals surface area contributed by atoms with Crippen molar-refractivity contribution in [3.63, 3.8) is 0 Å². The Labute approximate surface area is 138 Å². The van der Waals surface area contributed by atoms with E-state index >= 15 is 0 Å². The fraction of sp³-hybridized carbons (Fsp3) is 0.176. The highest BCUT2D eigenvalue weighted by Gasteiger charge is 2.36. The van der Waals surface area contributed by atoms with Gasteiger partial charge < -0.3 is 15.2 Å². The van der Waals surface area contributed by atoms with E-state index < -0.39 is 17.5 Å².